The third kappa shape index (κ3) is 3.56. The van der Waals surface area contributed by atoms with Gasteiger partial charge >= 0.3 is 0 Å². The van der Waals surface area contributed by atoms with E-state index < -0.39 is 0 Å². The van der Waals surface area contributed by atoms with Gasteiger partial charge in [-0.3, -0.25) is 4.79 Å². The Balaban J connectivity index is 1.78. The number of anilines is 1. The van der Waals surface area contributed by atoms with E-state index in [-0.39, 0.29) is 12.3 Å². The molecule has 0 radical (unpaired) electrons. The lowest BCUT2D eigenvalue weighted by atomic mass is 10.1. The Morgan fingerprint density at radius 1 is 1.26 bits per heavy atom. The molecule has 0 spiro atoms. The van der Waals surface area contributed by atoms with Crippen LogP contribution in [0.2, 0.25) is 0 Å². The van der Waals surface area contributed by atoms with Gasteiger partial charge in [-0.05, 0) is 37.3 Å². The molecule has 1 heterocycles. The first-order chi connectivity index (χ1) is 11.2. The second-order valence-electron chi connectivity index (χ2n) is 5.06. The number of benzene rings is 2. The molecule has 1 aromatic heterocycles. The molecule has 3 aromatic rings. The van der Waals surface area contributed by atoms with Gasteiger partial charge < -0.3 is 14.5 Å². The van der Waals surface area contributed by atoms with Crippen LogP contribution in [0.4, 0.5) is 5.69 Å². The van der Waals surface area contributed by atoms with Crippen molar-refractivity contribution in [1.82, 2.24) is 0 Å². The highest BCUT2D eigenvalue weighted by Crippen LogP contribution is 2.27. The minimum atomic E-state index is -0.111. The fraction of sp³-hybridized carbons (Fsp3) is 0.167. The number of furan rings is 1. The normalized spacial score (nSPS) is 10.7. The van der Waals surface area contributed by atoms with Crippen molar-refractivity contribution in [3.8, 4) is 5.75 Å². The predicted molar refractivity (Wildman–Crippen MR) is 93.9 cm³/mol. The number of carbonyl (C=O) groups is 1. The van der Waals surface area contributed by atoms with Crippen LogP contribution in [0, 0.1) is 0 Å². The number of hydrogen-bond acceptors (Lipinski definition) is 3. The lowest BCUT2D eigenvalue weighted by Gasteiger charge is -2.10. The highest BCUT2D eigenvalue weighted by Gasteiger charge is 2.12. The van der Waals surface area contributed by atoms with Gasteiger partial charge in [-0.2, -0.15) is 0 Å². The van der Waals surface area contributed by atoms with Crippen LogP contribution in [-0.4, -0.2) is 12.5 Å². The van der Waals surface area contributed by atoms with Crippen LogP contribution in [0.1, 0.15) is 12.5 Å². The highest BCUT2D eigenvalue weighted by molar-refractivity contribution is 9.10. The van der Waals surface area contributed by atoms with E-state index in [1.54, 1.807) is 6.26 Å². The molecule has 0 saturated carbocycles. The van der Waals surface area contributed by atoms with Crippen molar-refractivity contribution < 1.29 is 13.9 Å². The van der Waals surface area contributed by atoms with Crippen LogP contribution >= 0.6 is 15.9 Å². The van der Waals surface area contributed by atoms with Gasteiger partial charge in [0.25, 0.3) is 0 Å². The summed E-state index contributed by atoms with van der Waals surface area (Å²) >= 11 is 3.44. The highest BCUT2D eigenvalue weighted by atomic mass is 79.9. The topological polar surface area (TPSA) is 51.5 Å². The number of rotatable bonds is 5. The van der Waals surface area contributed by atoms with Gasteiger partial charge in [-0.25, -0.2) is 0 Å². The molecule has 1 amide bonds. The Kier molecular flexibility index (Phi) is 4.67. The van der Waals surface area contributed by atoms with Crippen molar-refractivity contribution in [3.05, 3.63) is 58.8 Å². The maximum absolute atomic E-state index is 12.3. The third-order valence-electron chi connectivity index (χ3n) is 3.43. The zero-order chi connectivity index (χ0) is 16.2. The molecule has 0 aliphatic heterocycles. The minimum absolute atomic E-state index is 0.111. The Hall–Kier alpha value is -2.27. The number of halogens is 1. The van der Waals surface area contributed by atoms with E-state index in [1.165, 1.54) is 0 Å². The molecule has 0 aliphatic rings. The molecule has 0 unspecified atom stereocenters. The predicted octanol–water partition coefficient (Wildman–Crippen LogP) is 4.78. The monoisotopic (exact) mass is 373 g/mol. The van der Waals surface area contributed by atoms with E-state index in [9.17, 15) is 4.79 Å². The molecule has 0 aliphatic carbocycles. The molecule has 0 bridgehead atoms. The number of hydrogen-bond donors (Lipinski definition) is 1. The summed E-state index contributed by atoms with van der Waals surface area (Å²) in [5, 5.41) is 3.83. The summed E-state index contributed by atoms with van der Waals surface area (Å²) in [5.41, 5.74) is 2.30. The van der Waals surface area contributed by atoms with Crippen LogP contribution in [0.3, 0.4) is 0 Å². The number of amides is 1. The molecule has 1 N–H and O–H groups in total. The average Bonchev–Trinajstić information content (AvgIpc) is 2.92. The van der Waals surface area contributed by atoms with E-state index >= 15 is 0 Å². The number of ether oxygens (including phenoxy) is 1. The zero-order valence-corrected chi connectivity index (χ0v) is 14.2. The van der Waals surface area contributed by atoms with Crippen LogP contribution in [0.5, 0.6) is 5.75 Å². The second kappa shape index (κ2) is 6.87. The Morgan fingerprint density at radius 2 is 2.09 bits per heavy atom. The van der Waals surface area contributed by atoms with E-state index in [1.807, 2.05) is 49.4 Å². The van der Waals surface area contributed by atoms with Crippen LogP contribution in [0.15, 0.2) is 57.6 Å². The van der Waals surface area contributed by atoms with Gasteiger partial charge in [0.15, 0.2) is 0 Å². The van der Waals surface area contributed by atoms with Crippen LogP contribution in [-0.2, 0) is 11.2 Å². The fourth-order valence-corrected chi connectivity index (χ4v) is 2.77. The maximum Gasteiger partial charge on any atom is 0.229 e. The van der Waals surface area contributed by atoms with Gasteiger partial charge in [0.05, 0.1) is 25.0 Å². The summed E-state index contributed by atoms with van der Waals surface area (Å²) in [6, 6.07) is 13.1. The first kappa shape index (κ1) is 15.6. The molecule has 3 rings (SSSR count). The molecule has 4 nitrogen and oxygen atoms in total. The van der Waals surface area contributed by atoms with Crippen molar-refractivity contribution >= 4 is 38.5 Å². The van der Waals surface area contributed by atoms with Gasteiger partial charge in [0.2, 0.25) is 5.91 Å². The lowest BCUT2D eigenvalue weighted by Crippen LogP contribution is -2.15. The summed E-state index contributed by atoms with van der Waals surface area (Å²) in [5.74, 6) is 0.558. The van der Waals surface area contributed by atoms with Crippen LogP contribution in [0.25, 0.3) is 11.0 Å². The number of fused-ring (bicyclic) bond motifs is 1. The Morgan fingerprint density at radius 3 is 2.91 bits per heavy atom. The van der Waals surface area contributed by atoms with Crippen molar-refractivity contribution in [1.29, 1.82) is 0 Å². The van der Waals surface area contributed by atoms with E-state index in [4.69, 9.17) is 9.15 Å². The van der Waals surface area contributed by atoms with E-state index in [2.05, 4.69) is 21.2 Å². The number of carbonyl (C=O) groups excluding carboxylic acids is 1. The molecule has 0 saturated heterocycles. The van der Waals surface area contributed by atoms with Crippen molar-refractivity contribution in [2.45, 2.75) is 13.3 Å². The van der Waals surface area contributed by atoms with Crippen molar-refractivity contribution in [2.75, 3.05) is 11.9 Å². The smallest absolute Gasteiger partial charge is 0.229 e. The first-order valence-corrected chi connectivity index (χ1v) is 8.14. The molecule has 5 heteroatoms. The van der Waals surface area contributed by atoms with Crippen molar-refractivity contribution in [2.24, 2.45) is 0 Å². The summed E-state index contributed by atoms with van der Waals surface area (Å²) < 4.78 is 12.0. The SMILES string of the molecule is CCOc1ccccc1NC(=O)Cc1coc2ccc(Br)cc12. The Labute approximate surface area is 142 Å². The second-order valence-corrected chi connectivity index (χ2v) is 5.97. The Bertz CT molecular complexity index is 841. The fourth-order valence-electron chi connectivity index (χ4n) is 2.41. The molecular weight excluding hydrogens is 358 g/mol. The average molecular weight is 374 g/mol. The summed E-state index contributed by atoms with van der Waals surface area (Å²) in [6.07, 6.45) is 1.87. The van der Waals surface area contributed by atoms with Gasteiger partial charge in [0.1, 0.15) is 11.3 Å². The molecule has 118 valence electrons. The van der Waals surface area contributed by atoms with Gasteiger partial charge in [0, 0.05) is 15.4 Å². The lowest BCUT2D eigenvalue weighted by molar-refractivity contribution is -0.115. The standard InChI is InChI=1S/C18H16BrNO3/c1-2-22-17-6-4-3-5-15(17)20-18(21)9-12-11-23-16-8-7-13(19)10-14(12)16/h3-8,10-11H,2,9H2,1H3,(H,20,21). The summed E-state index contributed by atoms with van der Waals surface area (Å²) in [4.78, 5) is 12.3. The molecule has 23 heavy (non-hydrogen) atoms. The van der Waals surface area contributed by atoms with Crippen LogP contribution < -0.4 is 10.1 Å². The largest absolute Gasteiger partial charge is 0.492 e. The summed E-state index contributed by atoms with van der Waals surface area (Å²) in [7, 11) is 0. The van der Waals surface area contributed by atoms with Crippen molar-refractivity contribution in [3.63, 3.8) is 0 Å². The molecule has 0 atom stereocenters. The third-order valence-corrected chi connectivity index (χ3v) is 3.92. The molecule has 2 aromatic carbocycles. The number of nitrogens with one attached hydrogen (secondary N) is 1. The zero-order valence-electron chi connectivity index (χ0n) is 12.6. The number of para-hydroxylation sites is 2. The van der Waals surface area contributed by atoms with Gasteiger partial charge in [-0.1, -0.05) is 28.1 Å². The summed E-state index contributed by atoms with van der Waals surface area (Å²) in [6.45, 7) is 2.46. The first-order valence-electron chi connectivity index (χ1n) is 7.34. The van der Waals surface area contributed by atoms with Gasteiger partial charge in [-0.15, -0.1) is 0 Å². The van der Waals surface area contributed by atoms with E-state index in [0.717, 1.165) is 21.0 Å². The quantitative estimate of drug-likeness (QED) is 0.700. The molecule has 0 fully saturated rings. The molecular formula is C18H16BrNO3. The maximum atomic E-state index is 12.3. The minimum Gasteiger partial charge on any atom is -0.492 e. The van der Waals surface area contributed by atoms with E-state index in [0.29, 0.717) is 18.0 Å².